The molecule has 0 radical (unpaired) electrons. The van der Waals surface area contributed by atoms with Gasteiger partial charge in [-0.3, -0.25) is 4.90 Å². The van der Waals surface area contributed by atoms with Crippen LogP contribution in [0.1, 0.15) is 30.5 Å². The Bertz CT molecular complexity index is 512. The van der Waals surface area contributed by atoms with Crippen LogP contribution < -0.4 is 5.73 Å². The summed E-state index contributed by atoms with van der Waals surface area (Å²) < 4.78 is 5.55. The number of rotatable bonds is 3. The van der Waals surface area contributed by atoms with Gasteiger partial charge in [-0.1, -0.05) is 17.3 Å². The van der Waals surface area contributed by atoms with Crippen LogP contribution in [-0.2, 0) is 11.3 Å². The number of hydrogen-bond donors (Lipinski definition) is 2. The average molecular weight is 277 g/mol. The zero-order chi connectivity index (χ0) is 14.8. The Morgan fingerprint density at radius 3 is 2.85 bits per heavy atom. The van der Waals surface area contributed by atoms with Gasteiger partial charge in [-0.05, 0) is 38.0 Å². The lowest BCUT2D eigenvalue weighted by atomic mass is 9.99. The number of benzene rings is 1. The quantitative estimate of drug-likeness (QED) is 0.382. The van der Waals surface area contributed by atoms with Gasteiger partial charge in [0, 0.05) is 24.2 Å². The molecule has 1 aliphatic rings. The van der Waals surface area contributed by atoms with Gasteiger partial charge < -0.3 is 15.7 Å². The van der Waals surface area contributed by atoms with Crippen molar-refractivity contribution in [3.05, 3.63) is 34.9 Å². The van der Waals surface area contributed by atoms with E-state index in [0.717, 1.165) is 37.4 Å². The zero-order valence-electron chi connectivity index (χ0n) is 12.4. The fourth-order valence-electron chi connectivity index (χ4n) is 2.48. The van der Waals surface area contributed by atoms with Crippen LogP contribution in [0, 0.1) is 6.92 Å². The first-order valence-corrected chi connectivity index (χ1v) is 6.84. The summed E-state index contributed by atoms with van der Waals surface area (Å²) in [6, 6.07) is 5.90. The van der Waals surface area contributed by atoms with Crippen LogP contribution in [-0.4, -0.2) is 41.2 Å². The first-order chi connectivity index (χ1) is 9.44. The molecule has 0 aromatic heterocycles. The van der Waals surface area contributed by atoms with Crippen molar-refractivity contribution in [2.75, 3.05) is 19.8 Å². The molecule has 5 heteroatoms. The summed E-state index contributed by atoms with van der Waals surface area (Å²) in [7, 11) is 0. The highest BCUT2D eigenvalue weighted by Gasteiger charge is 2.30. The molecule has 1 heterocycles. The van der Waals surface area contributed by atoms with Gasteiger partial charge in [0.05, 0.1) is 13.2 Å². The number of oxime groups is 1. The molecule has 0 unspecified atom stereocenters. The standard InChI is InChI=1S/C15H23N3O2/c1-11-8-12(14(16)17-19)4-5-13(11)9-18-6-7-20-10-15(18,2)3/h4-5,8,19H,6-7,9-10H2,1-3H3,(H2,16,17). The molecule has 110 valence electrons. The van der Waals surface area contributed by atoms with E-state index in [0.29, 0.717) is 0 Å². The molecule has 0 spiro atoms. The largest absolute Gasteiger partial charge is 0.409 e. The van der Waals surface area contributed by atoms with Crippen molar-refractivity contribution < 1.29 is 9.94 Å². The summed E-state index contributed by atoms with van der Waals surface area (Å²) in [5.41, 5.74) is 8.82. The Balaban J connectivity index is 2.17. The smallest absolute Gasteiger partial charge is 0.170 e. The van der Waals surface area contributed by atoms with Crippen LogP contribution >= 0.6 is 0 Å². The maximum atomic E-state index is 8.72. The lowest BCUT2D eigenvalue weighted by Gasteiger charge is -2.42. The molecule has 1 aromatic rings. The van der Waals surface area contributed by atoms with E-state index in [2.05, 4.69) is 30.8 Å². The molecule has 20 heavy (non-hydrogen) atoms. The summed E-state index contributed by atoms with van der Waals surface area (Å²) in [6.07, 6.45) is 0. The molecule has 1 saturated heterocycles. The van der Waals surface area contributed by atoms with Gasteiger partial charge in [0.15, 0.2) is 5.84 Å². The van der Waals surface area contributed by atoms with E-state index in [1.807, 2.05) is 18.2 Å². The second-order valence-corrected chi connectivity index (χ2v) is 5.91. The van der Waals surface area contributed by atoms with Crippen molar-refractivity contribution in [3.63, 3.8) is 0 Å². The van der Waals surface area contributed by atoms with E-state index in [1.165, 1.54) is 5.56 Å². The third-order valence-corrected chi connectivity index (χ3v) is 3.92. The van der Waals surface area contributed by atoms with Gasteiger partial charge in [0.1, 0.15) is 0 Å². The van der Waals surface area contributed by atoms with E-state index in [9.17, 15) is 0 Å². The zero-order valence-corrected chi connectivity index (χ0v) is 12.4. The van der Waals surface area contributed by atoms with Crippen LogP contribution in [0.2, 0.25) is 0 Å². The molecule has 3 N–H and O–H groups in total. The SMILES string of the molecule is Cc1cc(/C(N)=N/O)ccc1CN1CCOCC1(C)C. The number of nitrogens with two attached hydrogens (primary N) is 1. The number of morpholine rings is 1. The summed E-state index contributed by atoms with van der Waals surface area (Å²) in [4.78, 5) is 2.43. The van der Waals surface area contributed by atoms with Gasteiger partial charge in [-0.15, -0.1) is 0 Å². The number of ether oxygens (including phenoxy) is 1. The summed E-state index contributed by atoms with van der Waals surface area (Å²) in [5.74, 6) is 0.145. The van der Waals surface area contributed by atoms with Crippen LogP contribution in [0.3, 0.4) is 0 Å². The molecule has 2 rings (SSSR count). The fraction of sp³-hybridized carbons (Fsp3) is 0.533. The Hall–Kier alpha value is -1.59. The molecule has 0 aliphatic carbocycles. The van der Waals surface area contributed by atoms with Crippen LogP contribution in [0.25, 0.3) is 0 Å². The van der Waals surface area contributed by atoms with Gasteiger partial charge in [0.2, 0.25) is 0 Å². The van der Waals surface area contributed by atoms with Crippen molar-refractivity contribution in [2.45, 2.75) is 32.9 Å². The van der Waals surface area contributed by atoms with E-state index in [1.54, 1.807) is 0 Å². The van der Waals surface area contributed by atoms with Crippen LogP contribution in [0.4, 0.5) is 0 Å². The highest BCUT2D eigenvalue weighted by atomic mass is 16.5. The van der Waals surface area contributed by atoms with Crippen molar-refractivity contribution in [1.29, 1.82) is 0 Å². The van der Waals surface area contributed by atoms with Crippen molar-refractivity contribution in [1.82, 2.24) is 4.90 Å². The Morgan fingerprint density at radius 1 is 1.50 bits per heavy atom. The van der Waals surface area contributed by atoms with Crippen molar-refractivity contribution >= 4 is 5.84 Å². The predicted octanol–water partition coefficient (Wildman–Crippen LogP) is 1.70. The summed E-state index contributed by atoms with van der Waals surface area (Å²) in [5, 5.41) is 11.8. The number of hydrogen-bond acceptors (Lipinski definition) is 4. The maximum Gasteiger partial charge on any atom is 0.170 e. The lowest BCUT2D eigenvalue weighted by Crippen LogP contribution is -2.52. The Kier molecular flexibility index (Phi) is 4.30. The number of aryl methyl sites for hydroxylation is 1. The van der Waals surface area contributed by atoms with Gasteiger partial charge >= 0.3 is 0 Å². The van der Waals surface area contributed by atoms with Gasteiger partial charge in [-0.2, -0.15) is 0 Å². The van der Waals surface area contributed by atoms with Crippen molar-refractivity contribution in [2.24, 2.45) is 10.9 Å². The molecular weight excluding hydrogens is 254 g/mol. The Labute approximate surface area is 120 Å². The highest BCUT2D eigenvalue weighted by Crippen LogP contribution is 2.23. The third kappa shape index (κ3) is 3.11. The van der Waals surface area contributed by atoms with E-state index >= 15 is 0 Å². The third-order valence-electron chi connectivity index (χ3n) is 3.92. The van der Waals surface area contributed by atoms with E-state index in [-0.39, 0.29) is 11.4 Å². The van der Waals surface area contributed by atoms with E-state index < -0.39 is 0 Å². The fourth-order valence-corrected chi connectivity index (χ4v) is 2.48. The molecule has 0 atom stereocenters. The van der Waals surface area contributed by atoms with Crippen molar-refractivity contribution in [3.8, 4) is 0 Å². The highest BCUT2D eigenvalue weighted by molar-refractivity contribution is 5.97. The molecule has 1 aromatic carbocycles. The minimum absolute atomic E-state index is 0.0505. The number of nitrogens with zero attached hydrogens (tertiary/aromatic N) is 2. The van der Waals surface area contributed by atoms with Gasteiger partial charge in [0.25, 0.3) is 0 Å². The van der Waals surface area contributed by atoms with E-state index in [4.69, 9.17) is 15.7 Å². The topological polar surface area (TPSA) is 71.1 Å². The molecule has 0 amide bonds. The first kappa shape index (κ1) is 14.8. The van der Waals surface area contributed by atoms with Crippen LogP contribution in [0.15, 0.2) is 23.4 Å². The maximum absolute atomic E-state index is 8.72. The monoisotopic (exact) mass is 277 g/mol. The first-order valence-electron chi connectivity index (χ1n) is 6.84. The predicted molar refractivity (Wildman–Crippen MR) is 79.0 cm³/mol. The Morgan fingerprint density at radius 2 is 2.25 bits per heavy atom. The second kappa shape index (κ2) is 5.81. The van der Waals surface area contributed by atoms with Crippen LogP contribution in [0.5, 0.6) is 0 Å². The number of amidine groups is 1. The normalized spacial score (nSPS) is 20.1. The minimum Gasteiger partial charge on any atom is -0.409 e. The minimum atomic E-state index is 0.0505. The molecule has 1 fully saturated rings. The average Bonchev–Trinajstić information content (AvgIpc) is 2.42. The summed E-state index contributed by atoms with van der Waals surface area (Å²) >= 11 is 0. The molecule has 1 aliphatic heterocycles. The molecule has 5 nitrogen and oxygen atoms in total. The summed E-state index contributed by atoms with van der Waals surface area (Å²) in [6.45, 7) is 9.82. The van der Waals surface area contributed by atoms with Gasteiger partial charge in [-0.25, -0.2) is 0 Å². The lowest BCUT2D eigenvalue weighted by molar-refractivity contribution is -0.0553. The second-order valence-electron chi connectivity index (χ2n) is 5.91. The molecule has 0 saturated carbocycles. The molecular formula is C15H23N3O2. The molecule has 0 bridgehead atoms.